The van der Waals surface area contributed by atoms with Gasteiger partial charge in [0.1, 0.15) is 5.78 Å². The molecule has 0 aliphatic heterocycles. The lowest BCUT2D eigenvalue weighted by atomic mass is 9.52. The van der Waals surface area contributed by atoms with E-state index in [0.717, 1.165) is 30.6 Å². The Morgan fingerprint density at radius 3 is 2.86 bits per heavy atom. The van der Waals surface area contributed by atoms with Gasteiger partial charge in [0, 0.05) is 11.8 Å². The Hall–Kier alpha value is -0.850. The molecule has 0 bridgehead atoms. The molecule has 4 rings (SSSR count). The predicted octanol–water partition coefficient (Wildman–Crippen LogP) is 5.07. The summed E-state index contributed by atoms with van der Waals surface area (Å²) in [5.74, 6) is 3.76. The summed E-state index contributed by atoms with van der Waals surface area (Å²) in [6.07, 6.45) is 14.5. The molecule has 4 aliphatic carbocycles. The average molecular weight is 284 g/mol. The van der Waals surface area contributed by atoms with Crippen molar-refractivity contribution in [3.63, 3.8) is 0 Å². The molecule has 21 heavy (non-hydrogen) atoms. The molecular formula is C20H28O. The lowest BCUT2D eigenvalue weighted by molar-refractivity contribution is -0.132. The molecule has 0 radical (unpaired) electrons. The molecule has 0 heterocycles. The van der Waals surface area contributed by atoms with Crippen LogP contribution in [0.5, 0.6) is 0 Å². The molecule has 4 aliphatic rings. The summed E-state index contributed by atoms with van der Waals surface area (Å²) in [5, 5.41) is 0. The van der Waals surface area contributed by atoms with Crippen LogP contribution < -0.4 is 0 Å². The van der Waals surface area contributed by atoms with E-state index in [0.29, 0.717) is 11.7 Å². The zero-order valence-corrected chi connectivity index (χ0v) is 13.5. The van der Waals surface area contributed by atoms with Crippen molar-refractivity contribution in [3.8, 4) is 0 Å². The smallest absolute Gasteiger partial charge is 0.139 e. The second-order valence-electron chi connectivity index (χ2n) is 8.02. The summed E-state index contributed by atoms with van der Waals surface area (Å²) in [4.78, 5) is 12.5. The van der Waals surface area contributed by atoms with E-state index in [9.17, 15) is 4.79 Å². The quantitative estimate of drug-likeness (QED) is 0.656. The summed E-state index contributed by atoms with van der Waals surface area (Å²) in [5.41, 5.74) is 3.27. The zero-order valence-electron chi connectivity index (χ0n) is 13.5. The summed E-state index contributed by atoms with van der Waals surface area (Å²) >= 11 is 0. The number of ketones is 1. The molecule has 1 heteroatoms. The van der Waals surface area contributed by atoms with Crippen molar-refractivity contribution in [2.45, 2.75) is 65.2 Å². The summed E-state index contributed by atoms with van der Waals surface area (Å²) in [7, 11) is 0. The van der Waals surface area contributed by atoms with Gasteiger partial charge >= 0.3 is 0 Å². The Labute approximate surface area is 128 Å². The molecule has 2 saturated carbocycles. The summed E-state index contributed by atoms with van der Waals surface area (Å²) in [6.45, 7) is 4.54. The first-order valence-corrected chi connectivity index (χ1v) is 9.06. The molecule has 0 amide bonds. The van der Waals surface area contributed by atoms with Gasteiger partial charge in [-0.2, -0.15) is 0 Å². The van der Waals surface area contributed by atoms with Crippen molar-refractivity contribution < 1.29 is 4.79 Å². The minimum Gasteiger partial charge on any atom is -0.299 e. The molecule has 1 nitrogen and oxygen atoms in total. The Kier molecular flexibility index (Phi) is 3.17. The monoisotopic (exact) mass is 284 g/mol. The van der Waals surface area contributed by atoms with Crippen LogP contribution in [-0.4, -0.2) is 5.78 Å². The maximum Gasteiger partial charge on any atom is 0.139 e. The number of hydrogen-bond acceptors (Lipinski definition) is 1. The third kappa shape index (κ3) is 1.85. The molecule has 4 unspecified atom stereocenters. The molecule has 5 atom stereocenters. The zero-order chi connectivity index (χ0) is 14.6. The summed E-state index contributed by atoms with van der Waals surface area (Å²) < 4.78 is 0. The average Bonchev–Trinajstić information content (AvgIpc) is 2.84. The van der Waals surface area contributed by atoms with Crippen LogP contribution in [0.3, 0.4) is 0 Å². The Morgan fingerprint density at radius 1 is 1.19 bits per heavy atom. The number of fused-ring (bicyclic) bond motifs is 5. The maximum atomic E-state index is 12.5. The van der Waals surface area contributed by atoms with Gasteiger partial charge in [0.2, 0.25) is 0 Å². The molecule has 0 aromatic rings. The Balaban J connectivity index is 1.68. The van der Waals surface area contributed by atoms with Gasteiger partial charge in [-0.1, -0.05) is 24.6 Å². The number of hydrogen-bond donors (Lipinski definition) is 0. The van der Waals surface area contributed by atoms with Gasteiger partial charge in [-0.15, -0.1) is 0 Å². The first kappa shape index (κ1) is 13.8. The molecule has 0 N–H and O–H groups in total. The van der Waals surface area contributed by atoms with Crippen molar-refractivity contribution in [1.82, 2.24) is 0 Å². The van der Waals surface area contributed by atoms with E-state index in [4.69, 9.17) is 0 Å². The van der Waals surface area contributed by atoms with Gasteiger partial charge in [-0.25, -0.2) is 0 Å². The van der Waals surface area contributed by atoms with E-state index < -0.39 is 0 Å². The van der Waals surface area contributed by atoms with E-state index in [1.165, 1.54) is 38.5 Å². The van der Waals surface area contributed by atoms with Gasteiger partial charge in [0.15, 0.2) is 0 Å². The minimum absolute atomic E-state index is 0.0763. The van der Waals surface area contributed by atoms with Crippen LogP contribution in [0.4, 0.5) is 0 Å². The number of carbonyl (C=O) groups is 1. The van der Waals surface area contributed by atoms with Crippen LogP contribution in [0.25, 0.3) is 0 Å². The van der Waals surface area contributed by atoms with Crippen LogP contribution >= 0.6 is 0 Å². The third-order valence-corrected chi connectivity index (χ3v) is 7.40. The predicted molar refractivity (Wildman–Crippen MR) is 85.9 cm³/mol. The van der Waals surface area contributed by atoms with Gasteiger partial charge in [-0.3, -0.25) is 4.79 Å². The van der Waals surface area contributed by atoms with E-state index in [1.807, 2.05) is 0 Å². The van der Waals surface area contributed by atoms with Crippen molar-refractivity contribution in [2.24, 2.45) is 29.1 Å². The fraction of sp³-hybridized carbons (Fsp3) is 0.750. The Morgan fingerprint density at radius 2 is 2.05 bits per heavy atom. The second kappa shape index (κ2) is 4.83. The van der Waals surface area contributed by atoms with Gasteiger partial charge in [-0.05, 0) is 81.1 Å². The van der Waals surface area contributed by atoms with E-state index >= 15 is 0 Å². The number of allylic oxidation sites excluding steroid dienone is 4. The minimum atomic E-state index is 0.0763. The fourth-order valence-corrected chi connectivity index (χ4v) is 6.34. The Bertz CT molecular complexity index is 526. The topological polar surface area (TPSA) is 17.1 Å². The number of Topliss-reactive ketones (excluding diaryl/α,β-unsaturated/α-hetero) is 1. The largest absolute Gasteiger partial charge is 0.299 e. The van der Waals surface area contributed by atoms with Crippen LogP contribution in [0, 0.1) is 29.1 Å². The molecule has 0 aromatic carbocycles. The van der Waals surface area contributed by atoms with Crippen molar-refractivity contribution in [2.75, 3.05) is 0 Å². The lowest BCUT2D eigenvalue weighted by Crippen LogP contribution is -2.46. The van der Waals surface area contributed by atoms with Gasteiger partial charge < -0.3 is 0 Å². The normalized spacial score (nSPS) is 45.3. The van der Waals surface area contributed by atoms with Crippen LogP contribution in [0.15, 0.2) is 23.3 Å². The van der Waals surface area contributed by atoms with Crippen molar-refractivity contribution >= 4 is 5.78 Å². The van der Waals surface area contributed by atoms with Crippen molar-refractivity contribution in [1.29, 1.82) is 0 Å². The highest BCUT2D eigenvalue weighted by Gasteiger charge is 2.56. The number of rotatable bonds is 1. The van der Waals surface area contributed by atoms with Crippen LogP contribution in [0.1, 0.15) is 65.2 Å². The summed E-state index contributed by atoms with van der Waals surface area (Å²) in [6, 6.07) is 0. The molecule has 0 spiro atoms. The maximum absolute atomic E-state index is 12.5. The first-order chi connectivity index (χ1) is 10.2. The molecule has 2 fully saturated rings. The first-order valence-electron chi connectivity index (χ1n) is 9.06. The van der Waals surface area contributed by atoms with Gasteiger partial charge in [0.25, 0.3) is 0 Å². The highest BCUT2D eigenvalue weighted by atomic mass is 16.1. The molecule has 0 aromatic heterocycles. The second-order valence-corrected chi connectivity index (χ2v) is 8.02. The molecular weight excluding hydrogens is 256 g/mol. The SMILES string of the molecule is CC[C@]12CCC3C4CCC(C)=CC4=CCC3C1CCC2=O. The van der Waals surface area contributed by atoms with Crippen molar-refractivity contribution in [3.05, 3.63) is 23.3 Å². The van der Waals surface area contributed by atoms with E-state index in [2.05, 4.69) is 26.0 Å². The van der Waals surface area contributed by atoms with E-state index in [1.54, 1.807) is 11.1 Å². The molecule has 0 saturated heterocycles. The standard InChI is InChI=1S/C20H28O/c1-3-20-11-10-16-15-6-4-13(2)12-14(15)5-7-17(16)18(20)8-9-19(20)21/h5,12,15-18H,3-4,6-11H2,1-2H3/t15?,16?,17?,18?,20-/m0/s1. The van der Waals surface area contributed by atoms with Crippen LogP contribution in [-0.2, 0) is 4.79 Å². The fourth-order valence-electron chi connectivity index (χ4n) is 6.34. The third-order valence-electron chi connectivity index (χ3n) is 7.40. The van der Waals surface area contributed by atoms with Crippen LogP contribution in [0.2, 0.25) is 0 Å². The lowest BCUT2D eigenvalue weighted by Gasteiger charge is -2.51. The molecule has 114 valence electrons. The number of carbonyl (C=O) groups excluding carboxylic acids is 1. The highest BCUT2D eigenvalue weighted by molar-refractivity contribution is 5.87. The van der Waals surface area contributed by atoms with Gasteiger partial charge in [0.05, 0.1) is 0 Å². The highest BCUT2D eigenvalue weighted by Crippen LogP contribution is 2.61. The van der Waals surface area contributed by atoms with E-state index in [-0.39, 0.29) is 5.41 Å².